The zero-order valence-corrected chi connectivity index (χ0v) is 35.7. The monoisotopic (exact) mass is 898 g/mol. The highest BCUT2D eigenvalue weighted by molar-refractivity contribution is 5.94. The summed E-state index contributed by atoms with van der Waals surface area (Å²) < 4.78 is 5.09. The molecule has 7 aromatic rings. The number of halogens is 2. The van der Waals surface area contributed by atoms with Gasteiger partial charge in [0.1, 0.15) is 0 Å². The molecule has 0 amide bonds. The van der Waals surface area contributed by atoms with Crippen molar-refractivity contribution >= 4 is 58.0 Å². The Bertz CT molecular complexity index is 2850. The highest BCUT2D eigenvalue weighted by Gasteiger charge is 2.35. The SMILES string of the molecule is C1=Cc2cc3cc(/C=C(\c4ccccc4)c4cccc[n+]4C4CCC([n+]5ccccc5Cc5ccccc5)CC4)c(cc4nc(cc5ccc(cc1n2)[nH]5)C=C4)[nH]3.[Br-].[Br-]. The van der Waals surface area contributed by atoms with Crippen molar-refractivity contribution in [2.75, 3.05) is 0 Å². The zero-order valence-electron chi connectivity index (χ0n) is 32.6. The molecule has 0 radical (unpaired) electrons. The average molecular weight is 901 g/mol. The summed E-state index contributed by atoms with van der Waals surface area (Å²) in [6.07, 6.45) is 20.7. The van der Waals surface area contributed by atoms with E-state index in [2.05, 4.69) is 201 Å². The summed E-state index contributed by atoms with van der Waals surface area (Å²) in [5.74, 6) is 0. The number of fused-ring (bicyclic) bond motifs is 8. The van der Waals surface area contributed by atoms with E-state index in [4.69, 9.17) is 9.97 Å². The number of benzene rings is 2. The summed E-state index contributed by atoms with van der Waals surface area (Å²) in [5, 5.41) is 0. The summed E-state index contributed by atoms with van der Waals surface area (Å²) in [4.78, 5) is 17.1. The third-order valence-corrected chi connectivity index (χ3v) is 11.4. The van der Waals surface area contributed by atoms with Crippen LogP contribution in [0.2, 0.25) is 0 Å². The van der Waals surface area contributed by atoms with E-state index in [0.717, 1.165) is 82.5 Å². The maximum Gasteiger partial charge on any atom is 0.213 e. The Morgan fingerprint density at radius 2 is 1.08 bits per heavy atom. The van der Waals surface area contributed by atoms with Crippen molar-refractivity contribution in [2.45, 2.75) is 44.2 Å². The van der Waals surface area contributed by atoms with Gasteiger partial charge in [0.25, 0.3) is 0 Å². The van der Waals surface area contributed by atoms with Crippen molar-refractivity contribution in [1.29, 1.82) is 0 Å². The van der Waals surface area contributed by atoms with E-state index in [-0.39, 0.29) is 34.0 Å². The number of aromatic amines is 2. The Hall–Kier alpha value is -5.96. The molecule has 0 spiro atoms. The first-order chi connectivity index (χ1) is 28.2. The lowest BCUT2D eigenvalue weighted by molar-refractivity contribution is -0.753. The molecular formula is C51H44Br2N6. The van der Waals surface area contributed by atoms with Gasteiger partial charge in [0.05, 0.1) is 34.8 Å². The molecule has 2 aliphatic heterocycles. The fourth-order valence-electron chi connectivity index (χ4n) is 8.66. The van der Waals surface area contributed by atoms with Crippen LogP contribution in [0.3, 0.4) is 0 Å². The molecule has 8 heteroatoms. The van der Waals surface area contributed by atoms with Crippen LogP contribution < -0.4 is 43.1 Å². The predicted molar refractivity (Wildman–Crippen MR) is 231 cm³/mol. The molecule has 1 aliphatic carbocycles. The molecule has 5 aromatic heterocycles. The summed E-state index contributed by atoms with van der Waals surface area (Å²) >= 11 is 0. The highest BCUT2D eigenvalue weighted by atomic mass is 79.9. The predicted octanol–water partition coefficient (Wildman–Crippen LogP) is 4.77. The van der Waals surface area contributed by atoms with Gasteiger partial charge in [0.15, 0.2) is 30.2 Å². The zero-order chi connectivity index (χ0) is 38.0. The van der Waals surface area contributed by atoms with Gasteiger partial charge in [-0.1, -0.05) is 66.7 Å². The van der Waals surface area contributed by atoms with Gasteiger partial charge in [0, 0.05) is 77.6 Å². The summed E-state index contributed by atoms with van der Waals surface area (Å²) in [7, 11) is 0. The van der Waals surface area contributed by atoms with Gasteiger partial charge in [-0.2, -0.15) is 9.13 Å². The number of rotatable bonds is 7. The van der Waals surface area contributed by atoms with Crippen LogP contribution in [0.15, 0.2) is 152 Å². The van der Waals surface area contributed by atoms with Crippen LogP contribution >= 0.6 is 0 Å². The molecule has 2 N–H and O–H groups in total. The first kappa shape index (κ1) is 39.8. The van der Waals surface area contributed by atoms with E-state index in [1.807, 2.05) is 0 Å². The van der Waals surface area contributed by atoms with Gasteiger partial charge in [-0.05, 0) is 90.0 Å². The van der Waals surface area contributed by atoms with Gasteiger partial charge in [-0.3, -0.25) is 0 Å². The second-order valence-corrected chi connectivity index (χ2v) is 15.3. The molecule has 59 heavy (non-hydrogen) atoms. The van der Waals surface area contributed by atoms with Crippen LogP contribution in [0.5, 0.6) is 0 Å². The number of pyridine rings is 2. The second kappa shape index (κ2) is 17.9. The Balaban J connectivity index is 0.00000242. The Labute approximate surface area is 366 Å². The topological polar surface area (TPSA) is 65.1 Å². The van der Waals surface area contributed by atoms with Crippen molar-refractivity contribution in [1.82, 2.24) is 19.9 Å². The van der Waals surface area contributed by atoms with Crippen LogP contribution in [0.25, 0.3) is 58.0 Å². The fourth-order valence-corrected chi connectivity index (χ4v) is 8.66. The van der Waals surface area contributed by atoms with E-state index in [9.17, 15) is 0 Å². The van der Waals surface area contributed by atoms with Crippen molar-refractivity contribution in [3.05, 3.63) is 203 Å². The maximum atomic E-state index is 4.97. The van der Waals surface area contributed by atoms with E-state index < -0.39 is 0 Å². The van der Waals surface area contributed by atoms with Gasteiger partial charge >= 0.3 is 0 Å². The lowest BCUT2D eigenvalue weighted by Gasteiger charge is -2.24. The minimum absolute atomic E-state index is 0. The van der Waals surface area contributed by atoms with E-state index in [1.165, 1.54) is 28.1 Å². The number of H-pyrrole nitrogens is 2. The van der Waals surface area contributed by atoms with Crippen LogP contribution in [0, 0.1) is 0 Å². The number of hydrogen-bond donors (Lipinski definition) is 2. The molecule has 10 rings (SSSR count). The number of hydrogen-bond acceptors (Lipinski definition) is 2. The van der Waals surface area contributed by atoms with Crippen molar-refractivity contribution in [2.24, 2.45) is 0 Å². The number of nitrogens with one attached hydrogen (secondary N) is 2. The average Bonchev–Trinajstić information content (AvgIpc) is 4.08. The van der Waals surface area contributed by atoms with Crippen molar-refractivity contribution in [3.8, 4) is 0 Å². The molecule has 6 nitrogen and oxygen atoms in total. The first-order valence-corrected chi connectivity index (χ1v) is 20.1. The normalized spacial score (nSPS) is 16.0. The fraction of sp³-hybridized carbons (Fsp3) is 0.137. The molecular weight excluding hydrogens is 856 g/mol. The molecule has 2 aromatic carbocycles. The molecule has 8 bridgehead atoms. The largest absolute Gasteiger partial charge is 1.00 e. The van der Waals surface area contributed by atoms with Gasteiger partial charge in [-0.15, -0.1) is 0 Å². The van der Waals surface area contributed by atoms with E-state index in [0.29, 0.717) is 12.1 Å². The molecule has 0 atom stereocenters. The number of nitrogens with zero attached hydrogens (tertiary/aromatic N) is 4. The van der Waals surface area contributed by atoms with Crippen LogP contribution in [-0.2, 0) is 6.42 Å². The first-order valence-electron chi connectivity index (χ1n) is 20.1. The highest BCUT2D eigenvalue weighted by Crippen LogP contribution is 2.33. The summed E-state index contributed by atoms with van der Waals surface area (Å²) in [5.41, 5.74) is 15.0. The number of aromatic nitrogens is 6. The Kier molecular flexibility index (Phi) is 12.1. The molecule has 0 unspecified atom stereocenters. The third kappa shape index (κ3) is 8.89. The van der Waals surface area contributed by atoms with Crippen LogP contribution in [-0.4, -0.2) is 19.9 Å². The summed E-state index contributed by atoms with van der Waals surface area (Å²) in [6, 6.07) is 50.6. The van der Waals surface area contributed by atoms with Crippen LogP contribution in [0.1, 0.15) is 88.6 Å². The van der Waals surface area contributed by atoms with Crippen LogP contribution in [0.4, 0.5) is 0 Å². The van der Waals surface area contributed by atoms with E-state index >= 15 is 0 Å². The lowest BCUT2D eigenvalue weighted by atomic mass is 9.89. The summed E-state index contributed by atoms with van der Waals surface area (Å²) in [6.45, 7) is 0. The maximum absolute atomic E-state index is 4.97. The smallest absolute Gasteiger partial charge is 0.213 e. The molecule has 292 valence electrons. The van der Waals surface area contributed by atoms with Crippen molar-refractivity contribution in [3.63, 3.8) is 0 Å². The second-order valence-electron chi connectivity index (χ2n) is 15.3. The third-order valence-electron chi connectivity index (χ3n) is 11.4. The van der Waals surface area contributed by atoms with Gasteiger partial charge < -0.3 is 43.9 Å². The minimum atomic E-state index is 0. The van der Waals surface area contributed by atoms with E-state index in [1.54, 1.807) is 0 Å². The molecule has 1 saturated carbocycles. The van der Waals surface area contributed by atoms with Gasteiger partial charge in [0.2, 0.25) is 5.69 Å². The quantitative estimate of drug-likeness (QED) is 0.227. The molecule has 3 aliphatic rings. The Morgan fingerprint density at radius 1 is 0.542 bits per heavy atom. The lowest BCUT2D eigenvalue weighted by Crippen LogP contribution is -3.00. The molecule has 1 fully saturated rings. The Morgan fingerprint density at radius 3 is 1.75 bits per heavy atom. The van der Waals surface area contributed by atoms with Gasteiger partial charge in [-0.25, -0.2) is 9.97 Å². The standard InChI is InChI=1S/C51H43N6.2BrH/c1-3-11-36(12-4-1)29-48-15-7-9-27-56(48)46-23-25-47(26-24-46)57-28-10-8-16-51(57)49(37-13-5-2-6-14-37)31-38-30-45-34-43-20-19-41(53-43)32-39-17-18-40(52-39)33-42-21-22-44(54-42)35-50(38)55-45;;/h1-22,27-28,30-35,46-47H,23-26,29H2,(H,52,53,54,55);2*1H/q+1;;/p-1. The molecule has 0 saturated heterocycles. The van der Waals surface area contributed by atoms with Crippen molar-refractivity contribution < 1.29 is 43.1 Å². The molecule has 7 heterocycles. The minimum Gasteiger partial charge on any atom is -1.00 e.